The highest BCUT2D eigenvalue weighted by atomic mass is 15.2. The first-order chi connectivity index (χ1) is 4.47. The molecule has 1 aliphatic heterocycles. The van der Waals surface area contributed by atoms with Gasteiger partial charge in [0.25, 0.3) is 7.41 Å². The number of nitrogens with zero attached hydrogens (tertiary/aromatic N) is 2. The number of aromatic nitrogens is 2. The molecule has 0 saturated carbocycles. The molecule has 0 spiro atoms. The molecule has 2 heterocycles. The van der Waals surface area contributed by atoms with Gasteiger partial charge in [0.15, 0.2) is 5.95 Å². The molecule has 43 valence electrons. The van der Waals surface area contributed by atoms with Crippen LogP contribution in [-0.2, 0) is 0 Å². The summed E-state index contributed by atoms with van der Waals surface area (Å²) in [7, 11) is 1.85. The van der Waals surface area contributed by atoms with E-state index in [0.717, 1.165) is 5.95 Å². The molecule has 1 aromatic rings. The Hall–Kier alpha value is -1.19. The summed E-state index contributed by atoms with van der Waals surface area (Å²) in [6.07, 6.45) is 5.59. The first kappa shape index (κ1) is 4.67. The molecule has 1 aromatic heterocycles. The van der Waals surface area contributed by atoms with Gasteiger partial charge in [0.05, 0.1) is 0 Å². The maximum atomic E-state index is 4.03. The second-order valence-corrected chi connectivity index (χ2v) is 1.81. The third-order valence-corrected chi connectivity index (χ3v) is 1.22. The molecule has 0 aromatic carbocycles. The monoisotopic (exact) mass is 118 g/mol. The van der Waals surface area contributed by atoms with Crippen LogP contribution in [0.15, 0.2) is 18.4 Å². The number of fused-ring (bicyclic) bond motifs is 1. The van der Waals surface area contributed by atoms with E-state index in [4.69, 9.17) is 0 Å². The fourth-order valence-corrected chi connectivity index (χ4v) is 0.804. The molecular weight excluding hydrogens is 113 g/mol. The lowest BCUT2D eigenvalue weighted by molar-refractivity contribution is 1.15. The minimum absolute atomic E-state index is 0.873. The van der Waals surface area contributed by atoms with Crippen LogP contribution >= 0.6 is 0 Å². The minimum atomic E-state index is 0.873. The highest BCUT2D eigenvalue weighted by Gasteiger charge is 2.01. The van der Waals surface area contributed by atoms with Crippen molar-refractivity contribution in [3.05, 3.63) is 18.4 Å². The Morgan fingerprint density at radius 3 is 3.56 bits per heavy atom. The standard InChI is InChI=1S/C5H5BN3/c1-3-9-4-2-7-5(9)8-6-1/h1-4H,(H,7,8). The molecule has 0 atom stereocenters. The van der Waals surface area contributed by atoms with E-state index in [2.05, 4.69) is 10.2 Å². The first-order valence-corrected chi connectivity index (χ1v) is 2.76. The second-order valence-electron chi connectivity index (χ2n) is 1.81. The third-order valence-electron chi connectivity index (χ3n) is 1.22. The minimum Gasteiger partial charge on any atom is -0.398 e. The van der Waals surface area contributed by atoms with Crippen LogP contribution in [0.1, 0.15) is 0 Å². The number of imidazole rings is 1. The van der Waals surface area contributed by atoms with E-state index in [9.17, 15) is 0 Å². The zero-order chi connectivity index (χ0) is 6.10. The maximum Gasteiger partial charge on any atom is 0.278 e. The van der Waals surface area contributed by atoms with Crippen LogP contribution in [0.25, 0.3) is 6.20 Å². The van der Waals surface area contributed by atoms with Crippen molar-refractivity contribution in [1.82, 2.24) is 9.55 Å². The largest absolute Gasteiger partial charge is 0.398 e. The number of hydrogen-bond acceptors (Lipinski definition) is 2. The summed E-state index contributed by atoms with van der Waals surface area (Å²) in [5.41, 5.74) is 0. The third kappa shape index (κ3) is 0.632. The molecule has 1 N–H and O–H groups in total. The van der Waals surface area contributed by atoms with Gasteiger partial charge < -0.3 is 5.23 Å². The average Bonchev–Trinajstić information content (AvgIpc) is 2.33. The van der Waals surface area contributed by atoms with E-state index in [1.165, 1.54) is 0 Å². The Morgan fingerprint density at radius 2 is 2.67 bits per heavy atom. The van der Waals surface area contributed by atoms with Crippen molar-refractivity contribution in [3.8, 4) is 0 Å². The maximum absolute atomic E-state index is 4.03. The van der Waals surface area contributed by atoms with Crippen molar-refractivity contribution in [2.24, 2.45) is 0 Å². The Bertz CT molecular complexity index is 240. The van der Waals surface area contributed by atoms with Crippen molar-refractivity contribution in [3.63, 3.8) is 0 Å². The molecule has 9 heavy (non-hydrogen) atoms. The predicted molar refractivity (Wildman–Crippen MR) is 36.9 cm³/mol. The molecule has 0 saturated heterocycles. The summed E-state index contributed by atoms with van der Waals surface area (Å²) in [6, 6.07) is 0. The van der Waals surface area contributed by atoms with Gasteiger partial charge in [-0.3, -0.25) is 4.57 Å². The van der Waals surface area contributed by atoms with Crippen LogP contribution < -0.4 is 5.23 Å². The number of nitrogens with one attached hydrogen (secondary N) is 1. The van der Waals surface area contributed by atoms with Crippen LogP contribution in [0.3, 0.4) is 0 Å². The quantitative estimate of drug-likeness (QED) is 0.498. The number of rotatable bonds is 0. The van der Waals surface area contributed by atoms with Crippen LogP contribution in [0.4, 0.5) is 5.95 Å². The van der Waals surface area contributed by atoms with Crippen LogP contribution in [0.5, 0.6) is 0 Å². The molecule has 0 fully saturated rings. The summed E-state index contributed by atoms with van der Waals surface area (Å²) in [5.74, 6) is 2.80. The van der Waals surface area contributed by atoms with Gasteiger partial charge in [-0.05, 0) is 0 Å². The van der Waals surface area contributed by atoms with Crippen molar-refractivity contribution in [1.29, 1.82) is 0 Å². The Labute approximate surface area is 53.7 Å². The normalized spacial score (nSPS) is 13.8. The number of anilines is 1. The van der Waals surface area contributed by atoms with E-state index < -0.39 is 0 Å². The Kier molecular flexibility index (Phi) is 0.857. The molecular formula is C5H5BN3. The second kappa shape index (κ2) is 1.65. The van der Waals surface area contributed by atoms with Gasteiger partial charge in [-0.25, -0.2) is 4.98 Å². The van der Waals surface area contributed by atoms with E-state index in [1.807, 2.05) is 30.4 Å². The van der Waals surface area contributed by atoms with Gasteiger partial charge >= 0.3 is 0 Å². The molecule has 3 nitrogen and oxygen atoms in total. The first-order valence-electron chi connectivity index (χ1n) is 2.76. The molecule has 0 unspecified atom stereocenters. The van der Waals surface area contributed by atoms with E-state index in [1.54, 1.807) is 6.20 Å². The van der Waals surface area contributed by atoms with Gasteiger partial charge in [-0.15, -0.1) is 0 Å². The predicted octanol–water partition coefficient (Wildman–Crippen LogP) is 0.356. The summed E-state index contributed by atoms with van der Waals surface area (Å²) < 4.78 is 1.92. The lowest BCUT2D eigenvalue weighted by atomic mass is 9.95. The smallest absolute Gasteiger partial charge is 0.278 e. The zero-order valence-corrected chi connectivity index (χ0v) is 4.78. The van der Waals surface area contributed by atoms with Gasteiger partial charge in [0.2, 0.25) is 0 Å². The topological polar surface area (TPSA) is 29.9 Å². The SMILES string of the molecule is [B]1C=Cn2ccnc2N1. The van der Waals surface area contributed by atoms with Crippen molar-refractivity contribution in [2.75, 3.05) is 5.23 Å². The molecule has 1 aliphatic rings. The number of hydrogen-bond donors (Lipinski definition) is 1. The summed E-state index contributed by atoms with van der Waals surface area (Å²) in [5, 5.41) is 2.98. The fraction of sp³-hybridized carbons (Fsp3) is 0. The molecule has 0 bridgehead atoms. The van der Waals surface area contributed by atoms with E-state index in [0.29, 0.717) is 0 Å². The molecule has 4 heteroatoms. The summed E-state index contributed by atoms with van der Waals surface area (Å²) >= 11 is 0. The van der Waals surface area contributed by atoms with Gasteiger partial charge in [0.1, 0.15) is 0 Å². The lowest BCUT2D eigenvalue weighted by Gasteiger charge is -2.06. The summed E-state index contributed by atoms with van der Waals surface area (Å²) in [4.78, 5) is 4.03. The fourth-order valence-electron chi connectivity index (χ4n) is 0.804. The molecule has 1 radical (unpaired) electrons. The average molecular weight is 118 g/mol. The molecule has 0 aliphatic carbocycles. The van der Waals surface area contributed by atoms with Crippen molar-refractivity contribution >= 4 is 19.6 Å². The zero-order valence-electron chi connectivity index (χ0n) is 4.78. The van der Waals surface area contributed by atoms with E-state index >= 15 is 0 Å². The van der Waals surface area contributed by atoms with Crippen LogP contribution in [-0.4, -0.2) is 17.0 Å². The lowest BCUT2D eigenvalue weighted by Crippen LogP contribution is -2.11. The van der Waals surface area contributed by atoms with Gasteiger partial charge in [-0.1, -0.05) is 5.98 Å². The Morgan fingerprint density at radius 1 is 1.67 bits per heavy atom. The van der Waals surface area contributed by atoms with Gasteiger partial charge in [0, 0.05) is 18.6 Å². The van der Waals surface area contributed by atoms with Crippen molar-refractivity contribution < 1.29 is 0 Å². The highest BCUT2D eigenvalue weighted by molar-refractivity contribution is 6.47. The van der Waals surface area contributed by atoms with E-state index in [-0.39, 0.29) is 0 Å². The Balaban J connectivity index is 2.53. The van der Waals surface area contributed by atoms with Crippen LogP contribution in [0.2, 0.25) is 0 Å². The highest BCUT2D eigenvalue weighted by Crippen LogP contribution is 2.06. The van der Waals surface area contributed by atoms with Crippen molar-refractivity contribution in [2.45, 2.75) is 0 Å². The van der Waals surface area contributed by atoms with Gasteiger partial charge in [-0.2, -0.15) is 0 Å². The van der Waals surface area contributed by atoms with Crippen LogP contribution in [0, 0.1) is 0 Å². The molecule has 2 rings (SSSR count). The molecule has 0 amide bonds. The summed E-state index contributed by atoms with van der Waals surface area (Å²) in [6.45, 7) is 0.